The van der Waals surface area contributed by atoms with E-state index in [2.05, 4.69) is 33.9 Å². The number of hydrogen-bond acceptors (Lipinski definition) is 5. The standard InChI is InChI=1S/C12H19N5O/c1-9(2)16(3)7-12-14-11(15-18-12)5-10-6-13-8-17(10)4/h6,8-9H,5,7H2,1-4H3. The summed E-state index contributed by atoms with van der Waals surface area (Å²) in [7, 11) is 3.99. The number of hydrogen-bond donors (Lipinski definition) is 0. The van der Waals surface area contributed by atoms with Gasteiger partial charge in [0.15, 0.2) is 5.82 Å². The Morgan fingerprint density at radius 1 is 1.44 bits per heavy atom. The lowest BCUT2D eigenvalue weighted by Gasteiger charge is -2.17. The molecule has 0 amide bonds. The van der Waals surface area contributed by atoms with E-state index in [-0.39, 0.29) is 0 Å². The first-order valence-electron chi connectivity index (χ1n) is 6.03. The molecule has 0 aliphatic rings. The average Bonchev–Trinajstić information content (AvgIpc) is 2.90. The minimum Gasteiger partial charge on any atom is -0.338 e. The summed E-state index contributed by atoms with van der Waals surface area (Å²) < 4.78 is 7.20. The zero-order valence-electron chi connectivity index (χ0n) is 11.3. The molecule has 2 aromatic heterocycles. The highest BCUT2D eigenvalue weighted by atomic mass is 16.5. The molecule has 2 aromatic rings. The lowest BCUT2D eigenvalue weighted by atomic mass is 10.3. The molecule has 0 atom stereocenters. The number of aryl methyl sites for hydroxylation is 1. The van der Waals surface area contributed by atoms with Crippen molar-refractivity contribution >= 4 is 0 Å². The third-order valence-electron chi connectivity index (χ3n) is 3.03. The fraction of sp³-hybridized carbons (Fsp3) is 0.583. The molecule has 0 N–H and O–H groups in total. The SMILES string of the molecule is CC(C)N(C)Cc1nc(Cc2cncn2C)no1. The Hall–Kier alpha value is -1.69. The van der Waals surface area contributed by atoms with Gasteiger partial charge in [0.25, 0.3) is 0 Å². The van der Waals surface area contributed by atoms with E-state index in [1.807, 2.05) is 24.9 Å². The minimum atomic E-state index is 0.456. The maximum Gasteiger partial charge on any atom is 0.240 e. The third-order valence-corrected chi connectivity index (χ3v) is 3.03. The summed E-state index contributed by atoms with van der Waals surface area (Å²) in [5, 5.41) is 3.99. The van der Waals surface area contributed by atoms with Gasteiger partial charge in [-0.3, -0.25) is 4.90 Å². The van der Waals surface area contributed by atoms with Gasteiger partial charge in [0.1, 0.15) is 0 Å². The summed E-state index contributed by atoms with van der Waals surface area (Å²) >= 11 is 0. The van der Waals surface area contributed by atoms with Crippen LogP contribution in [-0.4, -0.2) is 37.7 Å². The van der Waals surface area contributed by atoms with Gasteiger partial charge in [-0.05, 0) is 20.9 Å². The van der Waals surface area contributed by atoms with Crippen molar-refractivity contribution in [3.63, 3.8) is 0 Å². The van der Waals surface area contributed by atoms with Crippen LogP contribution in [0.25, 0.3) is 0 Å². The van der Waals surface area contributed by atoms with E-state index in [0.29, 0.717) is 30.7 Å². The molecule has 6 heteroatoms. The molecule has 0 spiro atoms. The lowest BCUT2D eigenvalue weighted by Crippen LogP contribution is -2.25. The van der Waals surface area contributed by atoms with E-state index in [0.717, 1.165) is 5.69 Å². The highest BCUT2D eigenvalue weighted by Crippen LogP contribution is 2.08. The maximum absolute atomic E-state index is 5.24. The molecule has 0 fully saturated rings. The van der Waals surface area contributed by atoms with Crippen molar-refractivity contribution in [3.8, 4) is 0 Å². The Morgan fingerprint density at radius 2 is 2.22 bits per heavy atom. The summed E-state index contributed by atoms with van der Waals surface area (Å²) in [6, 6.07) is 0.456. The van der Waals surface area contributed by atoms with Gasteiger partial charge in [-0.2, -0.15) is 4.98 Å². The van der Waals surface area contributed by atoms with Gasteiger partial charge in [-0.1, -0.05) is 5.16 Å². The quantitative estimate of drug-likeness (QED) is 0.797. The predicted octanol–water partition coefficient (Wildman–Crippen LogP) is 1.23. The molecule has 2 rings (SSSR count). The summed E-state index contributed by atoms with van der Waals surface area (Å²) in [5.74, 6) is 1.36. The molecule has 0 bridgehead atoms. The second-order valence-electron chi connectivity index (χ2n) is 4.79. The second-order valence-corrected chi connectivity index (χ2v) is 4.79. The lowest BCUT2D eigenvalue weighted by molar-refractivity contribution is 0.226. The van der Waals surface area contributed by atoms with Crippen molar-refractivity contribution in [3.05, 3.63) is 29.9 Å². The minimum absolute atomic E-state index is 0.456. The third kappa shape index (κ3) is 2.95. The van der Waals surface area contributed by atoms with Gasteiger partial charge in [-0.15, -0.1) is 0 Å². The average molecular weight is 249 g/mol. The zero-order valence-corrected chi connectivity index (χ0v) is 11.3. The van der Waals surface area contributed by atoms with Crippen LogP contribution in [0.1, 0.15) is 31.3 Å². The van der Waals surface area contributed by atoms with Crippen LogP contribution in [0.3, 0.4) is 0 Å². The van der Waals surface area contributed by atoms with Crippen LogP contribution in [-0.2, 0) is 20.0 Å². The molecular formula is C12H19N5O. The molecule has 98 valence electrons. The molecular weight excluding hydrogens is 230 g/mol. The topological polar surface area (TPSA) is 60.0 Å². The van der Waals surface area contributed by atoms with Crippen molar-refractivity contribution in [2.24, 2.45) is 7.05 Å². The Morgan fingerprint density at radius 3 is 2.83 bits per heavy atom. The van der Waals surface area contributed by atoms with Crippen LogP contribution < -0.4 is 0 Å². The number of rotatable bonds is 5. The van der Waals surface area contributed by atoms with Crippen molar-refractivity contribution in [1.29, 1.82) is 0 Å². The van der Waals surface area contributed by atoms with Crippen LogP contribution >= 0.6 is 0 Å². The van der Waals surface area contributed by atoms with Crippen molar-refractivity contribution in [2.75, 3.05) is 7.05 Å². The summed E-state index contributed by atoms with van der Waals surface area (Å²) in [6.45, 7) is 4.94. The molecule has 0 saturated carbocycles. The van der Waals surface area contributed by atoms with Crippen LogP contribution in [0.4, 0.5) is 0 Å². The normalized spacial score (nSPS) is 11.7. The van der Waals surface area contributed by atoms with E-state index >= 15 is 0 Å². The monoisotopic (exact) mass is 249 g/mol. The van der Waals surface area contributed by atoms with Gasteiger partial charge < -0.3 is 9.09 Å². The van der Waals surface area contributed by atoms with Gasteiger partial charge in [-0.25, -0.2) is 4.98 Å². The van der Waals surface area contributed by atoms with Crippen molar-refractivity contribution in [1.82, 2.24) is 24.6 Å². The van der Waals surface area contributed by atoms with Crippen molar-refractivity contribution < 1.29 is 4.52 Å². The first-order chi connectivity index (χ1) is 8.56. The maximum atomic E-state index is 5.24. The molecule has 0 saturated heterocycles. The van der Waals surface area contributed by atoms with Crippen LogP contribution in [0.2, 0.25) is 0 Å². The van der Waals surface area contributed by atoms with Crippen LogP contribution in [0.15, 0.2) is 17.0 Å². The highest BCUT2D eigenvalue weighted by Gasteiger charge is 2.12. The zero-order chi connectivity index (χ0) is 13.1. The van der Waals surface area contributed by atoms with E-state index in [1.165, 1.54) is 0 Å². The van der Waals surface area contributed by atoms with Crippen LogP contribution in [0, 0.1) is 0 Å². The number of nitrogens with zero attached hydrogens (tertiary/aromatic N) is 5. The van der Waals surface area contributed by atoms with E-state index in [9.17, 15) is 0 Å². The molecule has 18 heavy (non-hydrogen) atoms. The Balaban J connectivity index is 2.00. The highest BCUT2D eigenvalue weighted by molar-refractivity contribution is 5.05. The molecule has 6 nitrogen and oxygen atoms in total. The molecule has 2 heterocycles. The van der Waals surface area contributed by atoms with E-state index < -0.39 is 0 Å². The largest absolute Gasteiger partial charge is 0.338 e. The Bertz CT molecular complexity index is 502. The van der Waals surface area contributed by atoms with Gasteiger partial charge >= 0.3 is 0 Å². The fourth-order valence-electron chi connectivity index (χ4n) is 1.54. The molecule has 0 radical (unpaired) electrons. The number of aromatic nitrogens is 4. The van der Waals surface area contributed by atoms with Crippen molar-refractivity contribution in [2.45, 2.75) is 32.9 Å². The first-order valence-corrected chi connectivity index (χ1v) is 6.03. The molecule has 0 aliphatic carbocycles. The first kappa shape index (κ1) is 12.8. The van der Waals surface area contributed by atoms with E-state index in [4.69, 9.17) is 4.52 Å². The van der Waals surface area contributed by atoms with Gasteiger partial charge in [0.2, 0.25) is 5.89 Å². The Labute approximate surface area is 107 Å². The predicted molar refractivity (Wildman–Crippen MR) is 66.9 cm³/mol. The summed E-state index contributed by atoms with van der Waals surface area (Å²) in [5.41, 5.74) is 1.07. The van der Waals surface area contributed by atoms with Gasteiger partial charge in [0.05, 0.1) is 19.3 Å². The fourth-order valence-corrected chi connectivity index (χ4v) is 1.54. The van der Waals surface area contributed by atoms with Crippen LogP contribution in [0.5, 0.6) is 0 Å². The Kier molecular flexibility index (Phi) is 3.76. The molecule has 0 aliphatic heterocycles. The van der Waals surface area contributed by atoms with Gasteiger partial charge in [0, 0.05) is 25.0 Å². The number of imidazole rings is 1. The molecule has 0 aromatic carbocycles. The smallest absolute Gasteiger partial charge is 0.240 e. The summed E-state index contributed by atoms with van der Waals surface area (Å²) in [4.78, 5) is 10.6. The molecule has 0 unspecified atom stereocenters. The summed E-state index contributed by atoms with van der Waals surface area (Å²) in [6.07, 6.45) is 4.23. The van der Waals surface area contributed by atoms with E-state index in [1.54, 1.807) is 6.33 Å². The second kappa shape index (κ2) is 5.30.